The van der Waals surface area contributed by atoms with Crippen molar-refractivity contribution >= 4 is 23.4 Å². The molecule has 0 saturated carbocycles. The SMILES string of the molecule is CCCCCCOc1ccc(C(=O)NNC(=O)c2ccc(NC(=O)c3ccccc3C)cc2)cc1. The third-order valence-corrected chi connectivity index (χ3v) is 5.47. The number of nitrogens with one attached hydrogen (secondary N) is 3. The number of hydrazine groups is 1. The molecule has 0 aromatic heterocycles. The van der Waals surface area contributed by atoms with Gasteiger partial charge < -0.3 is 10.1 Å². The lowest BCUT2D eigenvalue weighted by molar-refractivity contribution is 0.0846. The minimum absolute atomic E-state index is 0.222. The molecule has 0 heterocycles. The Hall–Kier alpha value is -4.13. The normalized spacial score (nSPS) is 10.3. The zero-order chi connectivity index (χ0) is 25.0. The maximum absolute atomic E-state index is 12.4. The summed E-state index contributed by atoms with van der Waals surface area (Å²) in [6.07, 6.45) is 4.52. The van der Waals surface area contributed by atoms with Crippen molar-refractivity contribution in [2.24, 2.45) is 0 Å². The molecule has 0 unspecified atom stereocenters. The number of carbonyl (C=O) groups excluding carboxylic acids is 3. The molecule has 3 N–H and O–H groups in total. The Balaban J connectivity index is 1.46. The molecule has 3 rings (SSSR count). The van der Waals surface area contributed by atoms with E-state index < -0.39 is 11.8 Å². The van der Waals surface area contributed by atoms with Crippen molar-refractivity contribution in [2.45, 2.75) is 39.5 Å². The van der Waals surface area contributed by atoms with Gasteiger partial charge in [-0.05, 0) is 73.5 Å². The fraction of sp³-hybridized carbons (Fsp3) is 0.250. The number of unbranched alkanes of at least 4 members (excludes halogenated alkanes) is 3. The summed E-state index contributed by atoms with van der Waals surface area (Å²) < 4.78 is 5.68. The van der Waals surface area contributed by atoms with Gasteiger partial charge in [0, 0.05) is 22.4 Å². The average molecular weight is 474 g/mol. The van der Waals surface area contributed by atoms with Crippen molar-refractivity contribution in [3.63, 3.8) is 0 Å². The van der Waals surface area contributed by atoms with Gasteiger partial charge in [-0.3, -0.25) is 25.2 Å². The number of amides is 3. The Kier molecular flexibility index (Phi) is 9.42. The van der Waals surface area contributed by atoms with Crippen molar-refractivity contribution < 1.29 is 19.1 Å². The highest BCUT2D eigenvalue weighted by Crippen LogP contribution is 2.15. The van der Waals surface area contributed by atoms with E-state index in [0.717, 1.165) is 18.4 Å². The molecule has 0 radical (unpaired) electrons. The topological polar surface area (TPSA) is 96.5 Å². The molecule has 0 aliphatic rings. The summed E-state index contributed by atoms with van der Waals surface area (Å²) in [6.45, 7) is 4.68. The molecule has 3 aromatic carbocycles. The van der Waals surface area contributed by atoms with Crippen molar-refractivity contribution in [3.05, 3.63) is 95.1 Å². The highest BCUT2D eigenvalue weighted by Gasteiger charge is 2.11. The molecule has 7 nitrogen and oxygen atoms in total. The number of hydrogen-bond acceptors (Lipinski definition) is 4. The Morgan fingerprint density at radius 2 is 1.31 bits per heavy atom. The minimum Gasteiger partial charge on any atom is -0.494 e. The fourth-order valence-corrected chi connectivity index (χ4v) is 3.41. The van der Waals surface area contributed by atoms with Crippen molar-refractivity contribution in [2.75, 3.05) is 11.9 Å². The predicted octanol–water partition coefficient (Wildman–Crippen LogP) is 5.28. The monoisotopic (exact) mass is 473 g/mol. The number of carbonyl (C=O) groups is 3. The van der Waals surface area contributed by atoms with Crippen LogP contribution in [0.1, 0.15) is 69.2 Å². The van der Waals surface area contributed by atoms with Gasteiger partial charge in [0.2, 0.25) is 0 Å². The Bertz CT molecular complexity index is 1140. The van der Waals surface area contributed by atoms with E-state index in [4.69, 9.17) is 4.74 Å². The highest BCUT2D eigenvalue weighted by molar-refractivity contribution is 6.05. The second kappa shape index (κ2) is 12.9. The van der Waals surface area contributed by atoms with Crippen LogP contribution in [0.25, 0.3) is 0 Å². The molecular formula is C28H31N3O4. The molecule has 0 aliphatic heterocycles. The number of anilines is 1. The molecule has 0 aliphatic carbocycles. The number of ether oxygens (including phenoxy) is 1. The first-order chi connectivity index (χ1) is 17.0. The molecule has 3 amide bonds. The Morgan fingerprint density at radius 3 is 1.91 bits per heavy atom. The molecule has 0 spiro atoms. The first-order valence-corrected chi connectivity index (χ1v) is 11.8. The van der Waals surface area contributed by atoms with E-state index in [1.54, 1.807) is 60.7 Å². The van der Waals surface area contributed by atoms with Crippen LogP contribution in [0.5, 0.6) is 5.75 Å². The fourth-order valence-electron chi connectivity index (χ4n) is 3.41. The van der Waals surface area contributed by atoms with E-state index in [9.17, 15) is 14.4 Å². The number of aryl methyl sites for hydroxylation is 1. The van der Waals surface area contributed by atoms with Gasteiger partial charge >= 0.3 is 0 Å². The van der Waals surface area contributed by atoms with E-state index in [1.165, 1.54) is 12.8 Å². The number of rotatable bonds is 10. The Labute approximate surface area is 205 Å². The van der Waals surface area contributed by atoms with Crippen LogP contribution in [0.4, 0.5) is 5.69 Å². The highest BCUT2D eigenvalue weighted by atomic mass is 16.5. The first kappa shape index (κ1) is 25.5. The summed E-state index contributed by atoms with van der Waals surface area (Å²) in [4.78, 5) is 37.2. The lowest BCUT2D eigenvalue weighted by Gasteiger charge is -2.10. The zero-order valence-electron chi connectivity index (χ0n) is 20.1. The number of benzene rings is 3. The standard InChI is InChI=1S/C28H31N3O4/c1-3-4-5-8-19-35-24-17-13-22(14-18-24)27(33)31-30-26(32)21-11-15-23(16-12-21)29-28(34)25-10-7-6-9-20(25)2/h6-7,9-18H,3-5,8,19H2,1-2H3,(H,29,34)(H,30,32)(H,31,33). The second-order valence-electron chi connectivity index (χ2n) is 8.19. The third kappa shape index (κ3) is 7.71. The lowest BCUT2D eigenvalue weighted by atomic mass is 10.1. The summed E-state index contributed by atoms with van der Waals surface area (Å²) in [7, 11) is 0. The van der Waals surface area contributed by atoms with Gasteiger partial charge in [-0.15, -0.1) is 0 Å². The molecule has 0 bridgehead atoms. The second-order valence-corrected chi connectivity index (χ2v) is 8.19. The average Bonchev–Trinajstić information content (AvgIpc) is 2.88. The molecule has 0 atom stereocenters. The van der Waals surface area contributed by atoms with Gasteiger partial charge in [0.05, 0.1) is 6.61 Å². The predicted molar refractivity (Wildman–Crippen MR) is 137 cm³/mol. The van der Waals surface area contributed by atoms with E-state index in [2.05, 4.69) is 23.1 Å². The van der Waals surface area contributed by atoms with Gasteiger partial charge in [-0.25, -0.2) is 0 Å². The summed E-state index contributed by atoms with van der Waals surface area (Å²) >= 11 is 0. The van der Waals surface area contributed by atoms with Crippen LogP contribution >= 0.6 is 0 Å². The summed E-state index contributed by atoms with van der Waals surface area (Å²) in [5.74, 6) is -0.422. The van der Waals surface area contributed by atoms with Gasteiger partial charge in [0.15, 0.2) is 0 Å². The smallest absolute Gasteiger partial charge is 0.269 e. The first-order valence-electron chi connectivity index (χ1n) is 11.8. The van der Waals surface area contributed by atoms with E-state index in [0.29, 0.717) is 34.7 Å². The lowest BCUT2D eigenvalue weighted by Crippen LogP contribution is -2.41. The van der Waals surface area contributed by atoms with E-state index in [1.807, 2.05) is 19.1 Å². The van der Waals surface area contributed by atoms with Gasteiger partial charge in [-0.2, -0.15) is 0 Å². The van der Waals surface area contributed by atoms with Crippen LogP contribution in [0.2, 0.25) is 0 Å². The van der Waals surface area contributed by atoms with Crippen LogP contribution in [-0.2, 0) is 0 Å². The zero-order valence-corrected chi connectivity index (χ0v) is 20.1. The Morgan fingerprint density at radius 1 is 0.714 bits per heavy atom. The van der Waals surface area contributed by atoms with Gasteiger partial charge in [0.1, 0.15) is 5.75 Å². The maximum atomic E-state index is 12.4. The number of hydrogen-bond donors (Lipinski definition) is 3. The summed E-state index contributed by atoms with van der Waals surface area (Å²) in [6, 6.07) is 20.5. The van der Waals surface area contributed by atoms with Crippen LogP contribution in [0.3, 0.4) is 0 Å². The van der Waals surface area contributed by atoms with Crippen LogP contribution < -0.4 is 20.9 Å². The van der Waals surface area contributed by atoms with Crippen LogP contribution in [0.15, 0.2) is 72.8 Å². The van der Waals surface area contributed by atoms with E-state index in [-0.39, 0.29) is 5.91 Å². The largest absolute Gasteiger partial charge is 0.494 e. The van der Waals surface area contributed by atoms with E-state index >= 15 is 0 Å². The molecule has 7 heteroatoms. The molecular weight excluding hydrogens is 442 g/mol. The van der Waals surface area contributed by atoms with Crippen molar-refractivity contribution in [1.82, 2.24) is 10.9 Å². The van der Waals surface area contributed by atoms with Gasteiger partial charge in [0.25, 0.3) is 17.7 Å². The molecule has 0 saturated heterocycles. The van der Waals surface area contributed by atoms with Crippen molar-refractivity contribution in [3.8, 4) is 5.75 Å². The molecule has 35 heavy (non-hydrogen) atoms. The van der Waals surface area contributed by atoms with Crippen molar-refractivity contribution in [1.29, 1.82) is 0 Å². The quantitative estimate of drug-likeness (QED) is 0.276. The van der Waals surface area contributed by atoms with Crippen LogP contribution in [0, 0.1) is 6.92 Å². The summed E-state index contributed by atoms with van der Waals surface area (Å²) in [5.41, 5.74) is 7.57. The molecule has 3 aromatic rings. The molecule has 182 valence electrons. The van der Waals surface area contributed by atoms with Crippen LogP contribution in [-0.4, -0.2) is 24.3 Å². The summed E-state index contributed by atoms with van der Waals surface area (Å²) in [5, 5.41) is 2.81. The van der Waals surface area contributed by atoms with Gasteiger partial charge in [-0.1, -0.05) is 44.4 Å². The molecule has 0 fully saturated rings. The maximum Gasteiger partial charge on any atom is 0.269 e. The third-order valence-electron chi connectivity index (χ3n) is 5.47. The minimum atomic E-state index is -0.470.